The molecule has 0 saturated carbocycles. The molecule has 17 heavy (non-hydrogen) atoms. The fourth-order valence-corrected chi connectivity index (χ4v) is 0.627. The number of ether oxygens (including phenoxy) is 1. The van der Waals surface area contributed by atoms with E-state index in [0.29, 0.717) is 6.61 Å². The molecule has 0 N–H and O–H groups in total. The second-order valence-electron chi connectivity index (χ2n) is 3.55. The number of rotatable bonds is 6. The minimum Gasteiger partial charge on any atom is -0.466 e. The van der Waals surface area contributed by atoms with E-state index >= 15 is 0 Å². The van der Waals surface area contributed by atoms with E-state index in [0.717, 1.165) is 6.42 Å². The van der Waals surface area contributed by atoms with Crippen LogP contribution in [0.25, 0.3) is 0 Å². The van der Waals surface area contributed by atoms with Crippen LogP contribution < -0.4 is 0 Å². The molecule has 5 nitrogen and oxygen atoms in total. The zero-order chi connectivity index (χ0) is 13.7. The van der Waals surface area contributed by atoms with Crippen molar-refractivity contribution in [1.82, 2.24) is 0 Å². The molecule has 0 aromatic carbocycles. The monoisotopic (exact) mass is 246 g/mol. The van der Waals surface area contributed by atoms with Crippen LogP contribution in [0.2, 0.25) is 0 Å². The zero-order valence-electron chi connectivity index (χ0n) is 11.1. The summed E-state index contributed by atoms with van der Waals surface area (Å²) in [5, 5.41) is 0. The number of carbonyl (C=O) groups is 2. The minimum absolute atomic E-state index is 0.0175. The van der Waals surface area contributed by atoms with Gasteiger partial charge in [0.25, 0.3) is 0 Å². The molecule has 0 aliphatic rings. The third-order valence-electron chi connectivity index (χ3n) is 1.18. The number of carbonyl (C=O) groups excluding carboxylic acids is 2. The van der Waals surface area contributed by atoms with E-state index < -0.39 is 11.9 Å². The third-order valence-corrected chi connectivity index (χ3v) is 1.18. The second-order valence-corrected chi connectivity index (χ2v) is 3.55. The summed E-state index contributed by atoms with van der Waals surface area (Å²) in [4.78, 5) is 29.8. The van der Waals surface area contributed by atoms with E-state index in [4.69, 9.17) is 4.74 Å². The highest BCUT2D eigenvalue weighted by molar-refractivity contribution is 5.77. The Labute approximate surface area is 103 Å². The molecule has 100 valence electrons. The Bertz CT molecular complexity index is 231. The van der Waals surface area contributed by atoms with E-state index in [-0.39, 0.29) is 12.8 Å². The topological polar surface area (TPSA) is 61.8 Å². The number of esters is 1. The first kappa shape index (κ1) is 18.0. The molecule has 5 heteroatoms. The molecule has 0 bridgehead atoms. The van der Waals surface area contributed by atoms with E-state index in [1.165, 1.54) is 12.7 Å². The van der Waals surface area contributed by atoms with Gasteiger partial charge in [0.2, 0.25) is 0 Å². The smallest absolute Gasteiger partial charge is 0.342 e. The molecule has 0 heterocycles. The van der Waals surface area contributed by atoms with Crippen LogP contribution >= 0.6 is 0 Å². The Morgan fingerprint density at radius 1 is 1.12 bits per heavy atom. The van der Waals surface area contributed by atoms with E-state index in [1.54, 1.807) is 0 Å². The van der Waals surface area contributed by atoms with Crippen molar-refractivity contribution >= 4 is 11.9 Å². The highest BCUT2D eigenvalue weighted by Crippen LogP contribution is 1.96. The predicted octanol–water partition coefficient (Wildman–Crippen LogP) is 2.41. The van der Waals surface area contributed by atoms with Crippen LogP contribution in [0.5, 0.6) is 0 Å². The molecule has 0 radical (unpaired) electrons. The van der Waals surface area contributed by atoms with Crippen molar-refractivity contribution in [1.29, 1.82) is 0 Å². The van der Waals surface area contributed by atoms with Crippen molar-refractivity contribution in [2.45, 2.75) is 40.0 Å². The molecule has 0 unspecified atom stereocenters. The van der Waals surface area contributed by atoms with Gasteiger partial charge in [-0.15, -0.1) is 6.58 Å². The fourth-order valence-electron chi connectivity index (χ4n) is 0.627. The van der Waals surface area contributed by atoms with Gasteiger partial charge in [0.1, 0.15) is 0 Å². The summed E-state index contributed by atoms with van der Waals surface area (Å²) in [6.07, 6.45) is 0.785. The van der Waals surface area contributed by atoms with Gasteiger partial charge in [-0.3, -0.25) is 9.68 Å². The van der Waals surface area contributed by atoms with Gasteiger partial charge in [-0.05, 0) is 20.3 Å². The summed E-state index contributed by atoms with van der Waals surface area (Å²) in [5.41, 5.74) is 1.17. The molecule has 0 aliphatic carbocycles. The Hall–Kier alpha value is -1.36. The van der Waals surface area contributed by atoms with Crippen LogP contribution in [0.1, 0.15) is 40.0 Å². The molecule has 0 aliphatic heterocycles. The molecule has 0 fully saturated rings. The largest absolute Gasteiger partial charge is 0.466 e. The summed E-state index contributed by atoms with van der Waals surface area (Å²) in [5.74, 6) is -0.967. The van der Waals surface area contributed by atoms with Crippen LogP contribution in [-0.4, -0.2) is 25.7 Å². The van der Waals surface area contributed by atoms with E-state index in [2.05, 4.69) is 16.4 Å². The first-order valence-electron chi connectivity index (χ1n) is 5.45. The average Bonchev–Trinajstić information content (AvgIpc) is 2.23. The molecule has 0 saturated heterocycles. The lowest BCUT2D eigenvalue weighted by Gasteiger charge is -2.01. The molecular weight excluding hydrogens is 224 g/mol. The Morgan fingerprint density at radius 3 is 2.00 bits per heavy atom. The predicted molar refractivity (Wildman–Crippen MR) is 64.1 cm³/mol. The molecule has 0 spiro atoms. The highest BCUT2D eigenvalue weighted by Gasteiger charge is 2.08. The third kappa shape index (κ3) is 20.7. The van der Waals surface area contributed by atoms with Gasteiger partial charge in [0.15, 0.2) is 0 Å². The SMILES string of the molecule is C=C(C)C.CCCOC(=O)CCC(=O)OOC. The standard InChI is InChI=1S/C8H14O5.C4H8/c1-3-6-12-7(9)4-5-8(10)13-11-2;1-4(2)3/h3-6H2,1-2H3;1H2,2-3H3. The first-order valence-corrected chi connectivity index (χ1v) is 5.45. The van der Waals surface area contributed by atoms with E-state index in [1.807, 2.05) is 20.8 Å². The molecule has 0 atom stereocenters. The van der Waals surface area contributed by atoms with Gasteiger partial charge in [-0.25, -0.2) is 4.79 Å². The quantitative estimate of drug-likeness (QED) is 0.312. The maximum Gasteiger partial charge on any atom is 0.342 e. The first-order chi connectivity index (χ1) is 7.93. The lowest BCUT2D eigenvalue weighted by atomic mass is 10.3. The summed E-state index contributed by atoms with van der Waals surface area (Å²) in [6, 6.07) is 0. The van der Waals surface area contributed by atoms with Crippen LogP contribution in [-0.2, 0) is 24.1 Å². The normalized spacial score (nSPS) is 8.71. The average molecular weight is 246 g/mol. The minimum atomic E-state index is -0.573. The van der Waals surface area contributed by atoms with Crippen molar-refractivity contribution in [3.63, 3.8) is 0 Å². The number of hydrogen-bond acceptors (Lipinski definition) is 5. The fraction of sp³-hybridized carbons (Fsp3) is 0.667. The summed E-state index contributed by atoms with van der Waals surface area (Å²) in [7, 11) is 1.23. The van der Waals surface area contributed by atoms with Crippen LogP contribution in [0, 0.1) is 0 Å². The van der Waals surface area contributed by atoms with Crippen molar-refractivity contribution in [3.8, 4) is 0 Å². The van der Waals surface area contributed by atoms with Gasteiger partial charge >= 0.3 is 11.9 Å². The van der Waals surface area contributed by atoms with Crippen molar-refractivity contribution < 1.29 is 24.1 Å². The lowest BCUT2D eigenvalue weighted by Crippen LogP contribution is -2.10. The number of allylic oxidation sites excluding steroid dienone is 1. The Morgan fingerprint density at radius 2 is 1.59 bits per heavy atom. The van der Waals surface area contributed by atoms with Crippen molar-refractivity contribution in [2.75, 3.05) is 13.7 Å². The van der Waals surface area contributed by atoms with Gasteiger partial charge in [-0.1, -0.05) is 12.5 Å². The van der Waals surface area contributed by atoms with Gasteiger partial charge in [0, 0.05) is 0 Å². The lowest BCUT2D eigenvalue weighted by molar-refractivity contribution is -0.255. The molecule has 0 aromatic rings. The molecule has 0 aromatic heterocycles. The molecular formula is C12H22O5. The van der Waals surface area contributed by atoms with E-state index in [9.17, 15) is 9.59 Å². The van der Waals surface area contributed by atoms with Gasteiger partial charge < -0.3 is 4.74 Å². The van der Waals surface area contributed by atoms with Crippen LogP contribution in [0.15, 0.2) is 12.2 Å². The zero-order valence-corrected chi connectivity index (χ0v) is 11.1. The van der Waals surface area contributed by atoms with Crippen molar-refractivity contribution in [2.24, 2.45) is 0 Å². The van der Waals surface area contributed by atoms with Crippen LogP contribution in [0.4, 0.5) is 0 Å². The summed E-state index contributed by atoms with van der Waals surface area (Å²) in [6.45, 7) is 9.78. The summed E-state index contributed by atoms with van der Waals surface area (Å²) >= 11 is 0. The number of hydrogen-bond donors (Lipinski definition) is 0. The van der Waals surface area contributed by atoms with Crippen LogP contribution in [0.3, 0.4) is 0 Å². The van der Waals surface area contributed by atoms with Crippen molar-refractivity contribution in [3.05, 3.63) is 12.2 Å². The second kappa shape index (κ2) is 12.7. The van der Waals surface area contributed by atoms with Gasteiger partial charge in [0.05, 0.1) is 26.6 Å². The maximum atomic E-state index is 10.8. The maximum absolute atomic E-state index is 10.8. The summed E-state index contributed by atoms with van der Waals surface area (Å²) < 4.78 is 4.73. The molecule has 0 rings (SSSR count). The highest BCUT2D eigenvalue weighted by atomic mass is 17.2. The molecule has 0 amide bonds. The Balaban J connectivity index is 0. The van der Waals surface area contributed by atoms with Gasteiger partial charge in [-0.2, -0.15) is 4.89 Å². The Kier molecular flexibility index (Phi) is 13.5.